The van der Waals surface area contributed by atoms with Crippen LogP contribution in [0.3, 0.4) is 0 Å². The van der Waals surface area contributed by atoms with Crippen molar-refractivity contribution in [1.82, 2.24) is 0 Å². The third-order valence-electron chi connectivity index (χ3n) is 4.06. The number of benzene rings is 3. The predicted octanol–water partition coefficient (Wildman–Crippen LogP) is 4.55. The first kappa shape index (κ1) is 18.8. The minimum absolute atomic E-state index is 0.104. The number of fused-ring (bicyclic) bond motifs is 1. The average molecular weight is 388 g/mol. The van der Waals surface area contributed by atoms with Gasteiger partial charge in [-0.2, -0.15) is 0 Å². The molecule has 3 aromatic rings. The predicted molar refractivity (Wildman–Crippen MR) is 107 cm³/mol. The van der Waals surface area contributed by atoms with E-state index in [1.165, 1.54) is 0 Å². The van der Waals surface area contributed by atoms with Crippen LogP contribution in [0.1, 0.15) is 19.8 Å². The van der Waals surface area contributed by atoms with Crippen LogP contribution in [0.15, 0.2) is 76.5 Å². The molecule has 0 fully saturated rings. The van der Waals surface area contributed by atoms with E-state index in [4.69, 9.17) is 0 Å². The fourth-order valence-corrected chi connectivity index (χ4v) is 5.19. The summed E-state index contributed by atoms with van der Waals surface area (Å²) >= 11 is -1.33. The summed E-state index contributed by atoms with van der Waals surface area (Å²) in [6, 6.07) is 20.3. The van der Waals surface area contributed by atoms with E-state index in [-0.39, 0.29) is 5.75 Å². The highest BCUT2D eigenvalue weighted by Gasteiger charge is 2.18. The van der Waals surface area contributed by atoms with Gasteiger partial charge in [0.15, 0.2) is 9.79 Å². The Labute approximate surface area is 157 Å². The second-order valence-corrected chi connectivity index (χ2v) is 9.34. The Morgan fingerprint density at radius 3 is 2.38 bits per heavy atom. The van der Waals surface area contributed by atoms with Gasteiger partial charge in [0.2, 0.25) is 10.0 Å². The van der Waals surface area contributed by atoms with Gasteiger partial charge in [-0.05, 0) is 48.2 Å². The summed E-state index contributed by atoms with van der Waals surface area (Å²) < 4.78 is 39.5. The van der Waals surface area contributed by atoms with Crippen molar-refractivity contribution in [3.05, 3.63) is 66.7 Å². The highest BCUT2D eigenvalue weighted by Crippen LogP contribution is 2.29. The summed E-state index contributed by atoms with van der Waals surface area (Å²) in [6.45, 7) is 1.95. The minimum atomic E-state index is -3.34. The minimum Gasteiger partial charge on any atom is -0.606 e. The maximum absolute atomic E-state index is 13.0. The zero-order chi connectivity index (χ0) is 18.6. The molecule has 1 atom stereocenters. The summed E-state index contributed by atoms with van der Waals surface area (Å²) in [6.07, 6.45) is 1.45. The Hall–Kier alpha value is -2.02. The zero-order valence-electron chi connectivity index (χ0n) is 14.5. The molecule has 0 heterocycles. The van der Waals surface area contributed by atoms with Crippen molar-refractivity contribution in [3.8, 4) is 0 Å². The van der Waals surface area contributed by atoms with E-state index in [1.54, 1.807) is 24.3 Å². The first-order valence-corrected chi connectivity index (χ1v) is 11.3. The molecule has 1 unspecified atom stereocenters. The lowest BCUT2D eigenvalue weighted by atomic mass is 10.1. The molecule has 0 radical (unpaired) electrons. The quantitative estimate of drug-likeness (QED) is 0.605. The molecule has 26 heavy (non-hydrogen) atoms. The van der Waals surface area contributed by atoms with Crippen LogP contribution in [-0.4, -0.2) is 18.7 Å². The van der Waals surface area contributed by atoms with E-state index in [2.05, 4.69) is 4.72 Å². The average Bonchev–Trinajstić information content (AvgIpc) is 2.66. The molecule has 0 aromatic heterocycles. The highest BCUT2D eigenvalue weighted by molar-refractivity contribution is 7.92. The van der Waals surface area contributed by atoms with Crippen LogP contribution < -0.4 is 4.72 Å². The van der Waals surface area contributed by atoms with Gasteiger partial charge in [0, 0.05) is 22.2 Å². The number of anilines is 1. The van der Waals surface area contributed by atoms with Crippen molar-refractivity contribution in [3.63, 3.8) is 0 Å². The molecule has 0 aliphatic rings. The molecular weight excluding hydrogens is 366 g/mol. The van der Waals surface area contributed by atoms with E-state index in [1.807, 2.05) is 49.4 Å². The lowest BCUT2D eigenvalue weighted by Gasteiger charge is -2.13. The molecule has 3 aromatic carbocycles. The van der Waals surface area contributed by atoms with Crippen LogP contribution in [0.2, 0.25) is 0 Å². The van der Waals surface area contributed by atoms with Crippen LogP contribution in [0.5, 0.6) is 0 Å². The zero-order valence-corrected chi connectivity index (χ0v) is 16.1. The number of hydrogen-bond acceptors (Lipinski definition) is 3. The molecule has 0 saturated heterocycles. The first-order valence-electron chi connectivity index (χ1n) is 8.50. The van der Waals surface area contributed by atoms with Crippen LogP contribution in [0.4, 0.5) is 5.69 Å². The number of nitrogens with one attached hydrogen (secondary N) is 1. The van der Waals surface area contributed by atoms with Gasteiger partial charge in [0.05, 0.1) is 5.75 Å². The van der Waals surface area contributed by atoms with Gasteiger partial charge in [-0.25, -0.2) is 8.42 Å². The second-order valence-electron chi connectivity index (χ2n) is 6.04. The largest absolute Gasteiger partial charge is 0.606 e. The molecule has 4 nitrogen and oxygen atoms in total. The Morgan fingerprint density at radius 2 is 1.65 bits per heavy atom. The molecule has 3 rings (SSSR count). The SMILES string of the molecule is CCCCS(=O)(=O)Nc1ccc([S+]([O-])c2cccc3ccccc23)cc1. The van der Waals surface area contributed by atoms with E-state index in [0.717, 1.165) is 22.1 Å². The lowest BCUT2D eigenvalue weighted by molar-refractivity contribution is 0.595. The van der Waals surface area contributed by atoms with Gasteiger partial charge in [-0.3, -0.25) is 4.72 Å². The van der Waals surface area contributed by atoms with Crippen molar-refractivity contribution in [2.24, 2.45) is 0 Å². The van der Waals surface area contributed by atoms with Gasteiger partial charge in [-0.15, -0.1) is 0 Å². The highest BCUT2D eigenvalue weighted by atomic mass is 32.2. The van der Waals surface area contributed by atoms with Crippen molar-refractivity contribution >= 4 is 37.7 Å². The number of rotatable bonds is 7. The van der Waals surface area contributed by atoms with Gasteiger partial charge in [0.25, 0.3) is 0 Å². The fraction of sp³-hybridized carbons (Fsp3) is 0.200. The smallest absolute Gasteiger partial charge is 0.232 e. The Kier molecular flexibility index (Phi) is 5.86. The first-order chi connectivity index (χ1) is 12.5. The van der Waals surface area contributed by atoms with Gasteiger partial charge in [-0.1, -0.05) is 43.7 Å². The van der Waals surface area contributed by atoms with E-state index >= 15 is 0 Å². The Morgan fingerprint density at radius 1 is 0.962 bits per heavy atom. The monoisotopic (exact) mass is 387 g/mol. The summed E-state index contributed by atoms with van der Waals surface area (Å²) in [5, 5.41) is 2.00. The third kappa shape index (κ3) is 4.38. The standard InChI is InChI=1S/C20H21NO3S2/c1-2-3-15-26(23,24)21-17-11-13-18(14-12-17)25(22)20-10-6-8-16-7-4-5-9-19(16)20/h4-14,21H,2-3,15H2,1H3. The van der Waals surface area contributed by atoms with Crippen molar-refractivity contribution in [1.29, 1.82) is 0 Å². The molecule has 0 saturated carbocycles. The van der Waals surface area contributed by atoms with Crippen LogP contribution in [0.25, 0.3) is 10.8 Å². The maximum atomic E-state index is 13.0. The van der Waals surface area contributed by atoms with Crippen LogP contribution in [0, 0.1) is 0 Å². The maximum Gasteiger partial charge on any atom is 0.232 e. The Bertz CT molecular complexity index is 980. The second kappa shape index (κ2) is 8.12. The van der Waals surface area contributed by atoms with Crippen LogP contribution in [-0.2, 0) is 21.2 Å². The number of unbranched alkanes of at least 4 members (excludes halogenated alkanes) is 1. The van der Waals surface area contributed by atoms with Gasteiger partial charge < -0.3 is 4.55 Å². The molecule has 136 valence electrons. The fourth-order valence-electron chi connectivity index (χ4n) is 2.70. The summed E-state index contributed by atoms with van der Waals surface area (Å²) in [5.74, 6) is 0.104. The third-order valence-corrected chi connectivity index (χ3v) is 6.89. The van der Waals surface area contributed by atoms with Crippen LogP contribution >= 0.6 is 0 Å². The molecule has 0 amide bonds. The van der Waals surface area contributed by atoms with E-state index in [0.29, 0.717) is 17.0 Å². The molecular formula is C20H21NO3S2. The molecule has 0 aliphatic carbocycles. The topological polar surface area (TPSA) is 69.2 Å². The summed E-state index contributed by atoms with van der Waals surface area (Å²) in [5.41, 5.74) is 0.486. The molecule has 0 bridgehead atoms. The van der Waals surface area contributed by atoms with Crippen molar-refractivity contribution in [2.75, 3.05) is 10.5 Å². The van der Waals surface area contributed by atoms with E-state index in [9.17, 15) is 13.0 Å². The summed E-state index contributed by atoms with van der Waals surface area (Å²) in [7, 11) is -3.34. The lowest BCUT2D eigenvalue weighted by Crippen LogP contribution is -2.16. The van der Waals surface area contributed by atoms with Gasteiger partial charge in [0.1, 0.15) is 0 Å². The van der Waals surface area contributed by atoms with Crippen molar-refractivity contribution in [2.45, 2.75) is 29.6 Å². The molecule has 0 spiro atoms. The number of hydrogen-bond donors (Lipinski definition) is 1. The Balaban J connectivity index is 1.82. The molecule has 1 N–H and O–H groups in total. The molecule has 0 aliphatic heterocycles. The van der Waals surface area contributed by atoms with Crippen molar-refractivity contribution < 1.29 is 13.0 Å². The number of sulfonamides is 1. The molecule has 6 heteroatoms. The summed E-state index contributed by atoms with van der Waals surface area (Å²) in [4.78, 5) is 1.39. The van der Waals surface area contributed by atoms with Gasteiger partial charge >= 0.3 is 0 Å². The normalized spacial score (nSPS) is 12.8. The van der Waals surface area contributed by atoms with E-state index < -0.39 is 21.2 Å².